The Hall–Kier alpha value is -1.43. The van der Waals surface area contributed by atoms with Crippen LogP contribution in [0.3, 0.4) is 0 Å². The molecule has 4 aliphatic rings. The predicted molar refractivity (Wildman–Crippen MR) is 112 cm³/mol. The molecule has 1 aromatic rings. The van der Waals surface area contributed by atoms with Crippen LogP contribution in [0.2, 0.25) is 0 Å². The number of Topliss-reactive ketones (excluding diaryl/α,β-unsaturated/α-hetero) is 1. The summed E-state index contributed by atoms with van der Waals surface area (Å²) in [5.74, 6) is -0.132. The standard InChI is InChI=1S/C25H34O5/c1-13-16-12-20(26)23(6)17-10-11-24(23,18(16)8-9-19(13)28-7)30-25(14(17)2)21(27)15(3)22(4,5)29-25/h8-9,14-15,17,21,27H,10-12H2,1-7H3/t14-,15-,17-,21+,23-,24+,25-/m0/s1. The van der Waals surface area contributed by atoms with Crippen molar-refractivity contribution in [1.29, 1.82) is 0 Å². The number of ketones is 1. The third-order valence-electron chi connectivity index (χ3n) is 9.49. The van der Waals surface area contributed by atoms with Crippen molar-refractivity contribution < 1.29 is 24.1 Å². The van der Waals surface area contributed by atoms with E-state index < -0.39 is 28.5 Å². The molecule has 0 radical (unpaired) electrons. The number of carbonyl (C=O) groups excluding carboxylic acids is 1. The molecule has 2 aliphatic carbocycles. The average molecular weight is 415 g/mol. The van der Waals surface area contributed by atoms with Crippen LogP contribution in [-0.2, 0) is 26.3 Å². The highest BCUT2D eigenvalue weighted by molar-refractivity contribution is 5.92. The van der Waals surface area contributed by atoms with Gasteiger partial charge in [0.2, 0.25) is 0 Å². The molecule has 1 aromatic carbocycles. The lowest BCUT2D eigenvalue weighted by molar-refractivity contribution is -0.383. The molecule has 5 nitrogen and oxygen atoms in total. The molecule has 164 valence electrons. The molecular formula is C25H34O5. The minimum Gasteiger partial charge on any atom is -0.496 e. The van der Waals surface area contributed by atoms with E-state index in [1.54, 1.807) is 7.11 Å². The molecule has 5 rings (SSSR count). The summed E-state index contributed by atoms with van der Waals surface area (Å²) in [4.78, 5) is 13.7. The summed E-state index contributed by atoms with van der Waals surface area (Å²) in [6.45, 7) is 12.3. The van der Waals surface area contributed by atoms with Crippen LogP contribution in [0.25, 0.3) is 0 Å². The van der Waals surface area contributed by atoms with Gasteiger partial charge in [0, 0.05) is 18.3 Å². The summed E-state index contributed by atoms with van der Waals surface area (Å²) < 4.78 is 19.2. The summed E-state index contributed by atoms with van der Waals surface area (Å²) in [7, 11) is 1.66. The molecule has 1 N–H and O–H groups in total. The molecule has 0 amide bonds. The Labute approximate surface area is 179 Å². The first-order valence-corrected chi connectivity index (χ1v) is 11.2. The third kappa shape index (κ3) is 2.03. The van der Waals surface area contributed by atoms with Gasteiger partial charge in [0.05, 0.1) is 18.1 Å². The van der Waals surface area contributed by atoms with Crippen molar-refractivity contribution in [3.05, 3.63) is 28.8 Å². The first-order chi connectivity index (χ1) is 14.0. The summed E-state index contributed by atoms with van der Waals surface area (Å²) >= 11 is 0. The van der Waals surface area contributed by atoms with Crippen molar-refractivity contribution >= 4 is 5.78 Å². The van der Waals surface area contributed by atoms with E-state index in [1.165, 1.54) is 0 Å². The molecule has 7 atom stereocenters. The average Bonchev–Trinajstić information content (AvgIpc) is 3.02. The normalized spacial score (nSPS) is 46.1. The Morgan fingerprint density at radius 1 is 1.13 bits per heavy atom. The largest absolute Gasteiger partial charge is 0.496 e. The second-order valence-electron chi connectivity index (χ2n) is 10.7. The maximum Gasteiger partial charge on any atom is 0.199 e. The Bertz CT molecular complexity index is 938. The number of benzene rings is 1. The van der Waals surface area contributed by atoms with Crippen LogP contribution in [-0.4, -0.2) is 35.5 Å². The van der Waals surface area contributed by atoms with Gasteiger partial charge in [-0.15, -0.1) is 0 Å². The summed E-state index contributed by atoms with van der Waals surface area (Å²) in [5.41, 5.74) is 1.18. The van der Waals surface area contributed by atoms with Gasteiger partial charge < -0.3 is 19.3 Å². The molecule has 2 bridgehead atoms. The van der Waals surface area contributed by atoms with Crippen molar-refractivity contribution in [1.82, 2.24) is 0 Å². The van der Waals surface area contributed by atoms with Crippen molar-refractivity contribution in [3.63, 3.8) is 0 Å². The zero-order valence-electron chi connectivity index (χ0n) is 19.2. The third-order valence-corrected chi connectivity index (χ3v) is 9.49. The predicted octanol–water partition coefficient (Wildman–Crippen LogP) is 3.91. The number of ether oxygens (including phenoxy) is 3. The second kappa shape index (κ2) is 5.87. The molecule has 1 saturated carbocycles. The Balaban J connectivity index is 1.75. The van der Waals surface area contributed by atoms with Crippen molar-refractivity contribution in [2.45, 2.75) is 83.9 Å². The lowest BCUT2D eigenvalue weighted by atomic mass is 9.54. The van der Waals surface area contributed by atoms with Gasteiger partial charge in [0.1, 0.15) is 23.2 Å². The molecule has 2 saturated heterocycles. The van der Waals surface area contributed by atoms with Crippen molar-refractivity contribution in [2.24, 2.45) is 23.2 Å². The molecule has 5 heteroatoms. The minimum atomic E-state index is -1.10. The van der Waals surface area contributed by atoms with E-state index in [-0.39, 0.29) is 23.5 Å². The molecule has 3 fully saturated rings. The number of aliphatic hydroxyl groups excluding tert-OH is 1. The highest BCUT2D eigenvalue weighted by Gasteiger charge is 2.77. The fourth-order valence-corrected chi connectivity index (χ4v) is 7.30. The number of fused-ring (bicyclic) bond motifs is 1. The van der Waals surface area contributed by atoms with E-state index in [0.29, 0.717) is 6.42 Å². The SMILES string of the molecule is COc1ccc2c(c1C)CC(=O)[C@]1(C)[C@H]3CC[C@@]21O[C@@]1(OC(C)(C)[C@@H](C)[C@H]1O)[C@H]3C. The number of aliphatic hydroxyl groups is 1. The molecule has 0 aromatic heterocycles. The monoisotopic (exact) mass is 414 g/mol. The van der Waals surface area contributed by atoms with Gasteiger partial charge in [-0.25, -0.2) is 0 Å². The summed E-state index contributed by atoms with van der Waals surface area (Å²) in [6.07, 6.45) is 1.31. The quantitative estimate of drug-likeness (QED) is 0.755. The number of hydrogen-bond donors (Lipinski definition) is 1. The van der Waals surface area contributed by atoms with Crippen LogP contribution < -0.4 is 4.74 Å². The fourth-order valence-electron chi connectivity index (χ4n) is 7.30. The topological polar surface area (TPSA) is 65.0 Å². The number of carbonyl (C=O) groups is 1. The minimum absolute atomic E-state index is 0.0727. The maximum absolute atomic E-state index is 13.7. The maximum atomic E-state index is 13.7. The van der Waals surface area contributed by atoms with Crippen LogP contribution in [0.4, 0.5) is 0 Å². The lowest BCUT2D eigenvalue weighted by Crippen LogP contribution is -2.68. The van der Waals surface area contributed by atoms with Gasteiger partial charge in [0.25, 0.3) is 0 Å². The van der Waals surface area contributed by atoms with Crippen LogP contribution >= 0.6 is 0 Å². The first-order valence-electron chi connectivity index (χ1n) is 11.2. The summed E-state index contributed by atoms with van der Waals surface area (Å²) in [5, 5.41) is 11.4. The van der Waals surface area contributed by atoms with Crippen LogP contribution in [0, 0.1) is 30.1 Å². The zero-order chi connectivity index (χ0) is 21.9. The number of rotatable bonds is 1. The number of hydrogen-bond acceptors (Lipinski definition) is 5. The fraction of sp³-hybridized carbons (Fsp3) is 0.720. The second-order valence-corrected chi connectivity index (χ2v) is 10.7. The highest BCUT2D eigenvalue weighted by Crippen LogP contribution is 2.71. The van der Waals surface area contributed by atoms with Gasteiger partial charge in [-0.05, 0) is 69.2 Å². The van der Waals surface area contributed by atoms with E-state index >= 15 is 0 Å². The van der Waals surface area contributed by atoms with E-state index in [4.69, 9.17) is 14.2 Å². The molecule has 1 spiro atoms. The van der Waals surface area contributed by atoms with Crippen molar-refractivity contribution in [2.75, 3.05) is 7.11 Å². The van der Waals surface area contributed by atoms with Gasteiger partial charge in [-0.1, -0.05) is 19.9 Å². The Morgan fingerprint density at radius 3 is 2.43 bits per heavy atom. The van der Waals surface area contributed by atoms with Gasteiger partial charge >= 0.3 is 0 Å². The van der Waals surface area contributed by atoms with Crippen LogP contribution in [0.15, 0.2) is 12.1 Å². The van der Waals surface area contributed by atoms with Crippen LogP contribution in [0.1, 0.15) is 64.2 Å². The van der Waals surface area contributed by atoms with Crippen LogP contribution in [0.5, 0.6) is 5.75 Å². The molecule has 2 heterocycles. The van der Waals surface area contributed by atoms with E-state index in [2.05, 4.69) is 19.9 Å². The molecule has 2 aliphatic heterocycles. The van der Waals surface area contributed by atoms with E-state index in [0.717, 1.165) is 35.3 Å². The zero-order valence-corrected chi connectivity index (χ0v) is 19.2. The Kier molecular flexibility index (Phi) is 4.01. The molecule has 0 unspecified atom stereocenters. The Morgan fingerprint density at radius 2 is 1.83 bits per heavy atom. The molecule has 30 heavy (non-hydrogen) atoms. The molecular weight excluding hydrogens is 380 g/mol. The summed E-state index contributed by atoms with van der Waals surface area (Å²) in [6, 6.07) is 4.06. The van der Waals surface area contributed by atoms with Crippen molar-refractivity contribution in [3.8, 4) is 5.75 Å². The van der Waals surface area contributed by atoms with Gasteiger partial charge in [-0.3, -0.25) is 4.79 Å². The van der Waals surface area contributed by atoms with Gasteiger partial charge in [-0.2, -0.15) is 0 Å². The van der Waals surface area contributed by atoms with E-state index in [1.807, 2.05) is 33.8 Å². The highest BCUT2D eigenvalue weighted by atomic mass is 16.7. The number of methoxy groups -OCH3 is 1. The first kappa shape index (κ1) is 20.5. The van der Waals surface area contributed by atoms with E-state index in [9.17, 15) is 9.90 Å². The smallest absolute Gasteiger partial charge is 0.199 e. The van der Waals surface area contributed by atoms with Gasteiger partial charge in [0.15, 0.2) is 5.79 Å². The lowest BCUT2D eigenvalue weighted by Gasteiger charge is -2.60.